The van der Waals surface area contributed by atoms with Gasteiger partial charge >= 0.3 is 5.97 Å². The lowest BCUT2D eigenvalue weighted by Gasteiger charge is -2.15. The van der Waals surface area contributed by atoms with Crippen LogP contribution >= 0.6 is 0 Å². The van der Waals surface area contributed by atoms with Gasteiger partial charge in [-0.3, -0.25) is 19.4 Å². The fourth-order valence-electron chi connectivity index (χ4n) is 2.52. The van der Waals surface area contributed by atoms with Crippen LogP contribution in [0.3, 0.4) is 0 Å². The molecule has 176 valence electrons. The third-order valence-electron chi connectivity index (χ3n) is 4.18. The molecule has 13 heteroatoms. The van der Waals surface area contributed by atoms with Gasteiger partial charge in [0, 0.05) is 6.54 Å². The number of hydrogen-bond acceptors (Lipinski definition) is 7. The summed E-state index contributed by atoms with van der Waals surface area (Å²) in [4.78, 5) is 50.7. The zero-order valence-electron chi connectivity index (χ0n) is 17.4. The molecule has 1 aromatic carbocycles. The minimum atomic E-state index is -1.23. The highest BCUT2D eigenvalue weighted by molar-refractivity contribution is 5.90. The molecule has 0 aromatic heterocycles. The second kappa shape index (κ2) is 13.4. The number of aromatic hydroxyl groups is 1. The number of nitrogens with two attached hydrogens (primary N) is 3. The van der Waals surface area contributed by atoms with Crippen LogP contribution in [0.1, 0.15) is 18.4 Å². The number of nitrogens with zero attached hydrogens (tertiary/aromatic N) is 1. The van der Waals surface area contributed by atoms with E-state index in [9.17, 15) is 24.3 Å². The van der Waals surface area contributed by atoms with E-state index in [1.54, 1.807) is 12.1 Å². The molecule has 1 rings (SSSR count). The lowest BCUT2D eigenvalue weighted by Crippen LogP contribution is -2.48. The van der Waals surface area contributed by atoms with E-state index in [1.807, 2.05) is 0 Å². The summed E-state index contributed by atoms with van der Waals surface area (Å²) in [7, 11) is 0. The Morgan fingerprint density at radius 1 is 1.00 bits per heavy atom. The first-order chi connectivity index (χ1) is 15.1. The number of guanidine groups is 1. The zero-order chi connectivity index (χ0) is 24.1. The van der Waals surface area contributed by atoms with Gasteiger partial charge in [0.2, 0.25) is 17.7 Å². The number of carboxylic acids is 1. The van der Waals surface area contributed by atoms with Crippen LogP contribution in [0.25, 0.3) is 0 Å². The highest BCUT2D eigenvalue weighted by Crippen LogP contribution is 2.10. The summed E-state index contributed by atoms with van der Waals surface area (Å²) in [5.41, 5.74) is 16.9. The van der Waals surface area contributed by atoms with E-state index in [-0.39, 0.29) is 31.1 Å². The van der Waals surface area contributed by atoms with Crippen molar-refractivity contribution in [1.82, 2.24) is 16.0 Å². The fraction of sp³-hybridized carbons (Fsp3) is 0.421. The molecule has 0 saturated carbocycles. The summed E-state index contributed by atoms with van der Waals surface area (Å²) in [5.74, 6) is -3.17. The number of benzene rings is 1. The minimum absolute atomic E-state index is 0.0908. The molecule has 3 amide bonds. The number of rotatable bonds is 13. The fourth-order valence-corrected chi connectivity index (χ4v) is 2.52. The maximum atomic E-state index is 12.0. The molecule has 0 radical (unpaired) electrons. The molecule has 0 heterocycles. The molecule has 11 N–H and O–H groups in total. The van der Waals surface area contributed by atoms with Gasteiger partial charge in [-0.15, -0.1) is 0 Å². The number of amides is 3. The molecular weight excluding hydrogens is 422 g/mol. The van der Waals surface area contributed by atoms with E-state index in [0.29, 0.717) is 6.42 Å². The van der Waals surface area contributed by atoms with Crippen LogP contribution < -0.4 is 33.2 Å². The number of carboxylic acid groups (broad SMARTS) is 1. The van der Waals surface area contributed by atoms with Crippen LogP contribution in [-0.2, 0) is 25.6 Å². The molecule has 0 bridgehead atoms. The first-order valence-corrected chi connectivity index (χ1v) is 9.74. The maximum absolute atomic E-state index is 12.0. The second-order valence-electron chi connectivity index (χ2n) is 6.88. The maximum Gasteiger partial charge on any atom is 0.326 e. The van der Waals surface area contributed by atoms with Gasteiger partial charge in [0.05, 0.1) is 19.1 Å². The van der Waals surface area contributed by atoms with Gasteiger partial charge in [-0.2, -0.15) is 0 Å². The van der Waals surface area contributed by atoms with E-state index < -0.39 is 48.9 Å². The van der Waals surface area contributed by atoms with Crippen molar-refractivity contribution in [3.8, 4) is 5.75 Å². The Bertz CT molecular complexity index is 824. The van der Waals surface area contributed by atoms with Gasteiger partial charge in [-0.25, -0.2) is 4.79 Å². The average Bonchev–Trinajstić information content (AvgIpc) is 2.73. The van der Waals surface area contributed by atoms with Crippen molar-refractivity contribution in [1.29, 1.82) is 0 Å². The Morgan fingerprint density at radius 2 is 1.62 bits per heavy atom. The van der Waals surface area contributed by atoms with Crippen LogP contribution in [0.15, 0.2) is 29.3 Å². The molecule has 0 saturated heterocycles. The van der Waals surface area contributed by atoms with Gasteiger partial charge in [-0.05, 0) is 37.0 Å². The van der Waals surface area contributed by atoms with Crippen molar-refractivity contribution in [2.45, 2.75) is 31.3 Å². The summed E-state index contributed by atoms with van der Waals surface area (Å²) >= 11 is 0. The number of carbonyl (C=O) groups excluding carboxylic acids is 3. The van der Waals surface area contributed by atoms with E-state index in [1.165, 1.54) is 12.1 Å². The van der Waals surface area contributed by atoms with Crippen LogP contribution in [0.2, 0.25) is 0 Å². The zero-order valence-corrected chi connectivity index (χ0v) is 17.4. The molecule has 1 aromatic rings. The lowest BCUT2D eigenvalue weighted by molar-refractivity contribution is -0.142. The Morgan fingerprint density at radius 3 is 2.22 bits per heavy atom. The Hall–Kier alpha value is -3.87. The Balaban J connectivity index is 2.33. The van der Waals surface area contributed by atoms with Gasteiger partial charge < -0.3 is 43.4 Å². The summed E-state index contributed by atoms with van der Waals surface area (Å²) in [6, 6.07) is 4.12. The number of aliphatic carboxylic acids is 1. The summed E-state index contributed by atoms with van der Waals surface area (Å²) in [6.45, 7) is -0.657. The van der Waals surface area contributed by atoms with Crippen molar-refractivity contribution >= 4 is 29.7 Å². The molecule has 13 nitrogen and oxygen atoms in total. The monoisotopic (exact) mass is 451 g/mol. The van der Waals surface area contributed by atoms with Crippen LogP contribution in [-0.4, -0.2) is 71.6 Å². The van der Waals surface area contributed by atoms with E-state index in [4.69, 9.17) is 22.3 Å². The normalized spacial score (nSPS) is 12.2. The van der Waals surface area contributed by atoms with Crippen molar-refractivity contribution in [3.05, 3.63) is 29.8 Å². The highest BCUT2D eigenvalue weighted by Gasteiger charge is 2.20. The molecule has 0 aliphatic rings. The van der Waals surface area contributed by atoms with Crippen LogP contribution in [0.5, 0.6) is 5.75 Å². The Kier molecular flexibility index (Phi) is 11.0. The molecule has 0 spiro atoms. The van der Waals surface area contributed by atoms with Crippen molar-refractivity contribution in [2.75, 3.05) is 19.6 Å². The topological polar surface area (TPSA) is 235 Å². The predicted molar refractivity (Wildman–Crippen MR) is 115 cm³/mol. The number of hydrogen-bond donors (Lipinski definition) is 8. The van der Waals surface area contributed by atoms with E-state index in [2.05, 4.69) is 20.9 Å². The van der Waals surface area contributed by atoms with Crippen LogP contribution in [0.4, 0.5) is 0 Å². The Labute approximate surface area is 184 Å². The smallest absolute Gasteiger partial charge is 0.326 e. The number of phenolic OH excluding ortho intramolecular Hbond substituents is 1. The number of nitrogens with one attached hydrogen (secondary N) is 3. The number of carbonyl (C=O) groups is 4. The van der Waals surface area contributed by atoms with Crippen molar-refractivity contribution in [2.24, 2.45) is 22.2 Å². The minimum Gasteiger partial charge on any atom is -0.508 e. The van der Waals surface area contributed by atoms with Gasteiger partial charge in [0.25, 0.3) is 0 Å². The molecule has 2 atom stereocenters. The summed E-state index contributed by atoms with van der Waals surface area (Å²) in [5, 5.41) is 25.3. The van der Waals surface area contributed by atoms with Gasteiger partial charge in [-0.1, -0.05) is 12.1 Å². The molecule has 32 heavy (non-hydrogen) atoms. The summed E-state index contributed by atoms with van der Waals surface area (Å²) < 4.78 is 0. The summed E-state index contributed by atoms with van der Waals surface area (Å²) in [6.07, 6.45) is 0.634. The third-order valence-corrected chi connectivity index (χ3v) is 4.18. The average molecular weight is 451 g/mol. The van der Waals surface area contributed by atoms with Gasteiger partial charge in [0.15, 0.2) is 5.96 Å². The largest absolute Gasteiger partial charge is 0.508 e. The SMILES string of the molecule is NC(N)=NCCCC(NC(=O)CNC(=O)CNC(=O)C(N)Cc1ccc(O)cc1)C(=O)O. The van der Waals surface area contributed by atoms with E-state index >= 15 is 0 Å². The molecule has 0 aliphatic heterocycles. The number of aliphatic imine (C=N–C) groups is 1. The van der Waals surface area contributed by atoms with Gasteiger partial charge in [0.1, 0.15) is 11.8 Å². The van der Waals surface area contributed by atoms with Crippen molar-refractivity contribution in [3.63, 3.8) is 0 Å². The van der Waals surface area contributed by atoms with Crippen LogP contribution in [0, 0.1) is 0 Å². The number of phenols is 1. The quantitative estimate of drug-likeness (QED) is 0.0871. The highest BCUT2D eigenvalue weighted by atomic mass is 16.4. The molecular formula is C19H29N7O6. The molecule has 2 unspecified atom stereocenters. The predicted octanol–water partition coefficient (Wildman–Crippen LogP) is -2.88. The second-order valence-corrected chi connectivity index (χ2v) is 6.88. The third kappa shape index (κ3) is 10.8. The van der Waals surface area contributed by atoms with E-state index in [0.717, 1.165) is 5.56 Å². The molecule has 0 fully saturated rings. The molecule has 0 aliphatic carbocycles. The first kappa shape index (κ1) is 26.2. The lowest BCUT2D eigenvalue weighted by atomic mass is 10.1. The first-order valence-electron chi connectivity index (χ1n) is 9.74. The standard InChI is InChI=1S/C19H29N7O6/c20-13(8-11-3-5-12(27)6-4-11)17(30)25-9-15(28)24-10-16(29)26-14(18(31)32)2-1-7-23-19(21)22/h3-6,13-14,27H,1-2,7-10,20H2,(H,24,28)(H,25,30)(H,26,29)(H,31,32)(H4,21,22,23). The van der Waals surface area contributed by atoms with Crippen molar-refractivity contribution < 1.29 is 29.4 Å².